The summed E-state index contributed by atoms with van der Waals surface area (Å²) in [6.07, 6.45) is 4.76. The Kier molecular flexibility index (Phi) is 3.46. The molecule has 0 aliphatic carbocycles. The second-order valence-electron chi connectivity index (χ2n) is 4.37. The minimum atomic E-state index is -0.799. The van der Waals surface area contributed by atoms with E-state index in [0.29, 0.717) is 18.7 Å². The van der Waals surface area contributed by atoms with Crippen LogP contribution in [0.25, 0.3) is 0 Å². The van der Waals surface area contributed by atoms with Gasteiger partial charge in [0.15, 0.2) is 0 Å². The molecule has 1 fully saturated rings. The smallest absolute Gasteiger partial charge is 0.303 e. The van der Waals surface area contributed by atoms with Gasteiger partial charge in [0.1, 0.15) is 6.26 Å². The lowest BCUT2D eigenvalue weighted by Gasteiger charge is -2.31. The number of piperidine rings is 1. The van der Waals surface area contributed by atoms with Crippen molar-refractivity contribution in [2.45, 2.75) is 19.3 Å². The van der Waals surface area contributed by atoms with Crippen LogP contribution in [0, 0.1) is 5.92 Å². The third kappa shape index (κ3) is 2.87. The zero-order valence-electron chi connectivity index (χ0n) is 9.46. The molecule has 1 aromatic heterocycles. The quantitative estimate of drug-likeness (QED) is 0.866. The highest BCUT2D eigenvalue weighted by Gasteiger charge is 2.26. The van der Waals surface area contributed by atoms with E-state index in [1.807, 2.05) is 0 Å². The Morgan fingerprint density at radius 1 is 1.53 bits per heavy atom. The fourth-order valence-corrected chi connectivity index (χ4v) is 2.23. The molecule has 0 aromatic carbocycles. The van der Waals surface area contributed by atoms with Gasteiger partial charge >= 0.3 is 5.97 Å². The van der Waals surface area contributed by atoms with E-state index in [9.17, 15) is 9.59 Å². The van der Waals surface area contributed by atoms with Gasteiger partial charge in [-0.05, 0) is 24.8 Å². The van der Waals surface area contributed by atoms with E-state index in [1.54, 1.807) is 11.0 Å². The second kappa shape index (κ2) is 5.03. The maximum atomic E-state index is 12.0. The number of carbonyl (C=O) groups is 2. The molecule has 1 aromatic rings. The minimum Gasteiger partial charge on any atom is -0.481 e. The first-order chi connectivity index (χ1) is 8.16. The van der Waals surface area contributed by atoms with Crippen molar-refractivity contribution in [2.75, 3.05) is 13.1 Å². The van der Waals surface area contributed by atoms with E-state index >= 15 is 0 Å². The molecule has 92 valence electrons. The average Bonchev–Trinajstić information content (AvgIpc) is 2.81. The summed E-state index contributed by atoms with van der Waals surface area (Å²) in [6, 6.07) is 1.63. The summed E-state index contributed by atoms with van der Waals surface area (Å²) < 4.78 is 4.88. The van der Waals surface area contributed by atoms with Crippen LogP contribution >= 0.6 is 0 Å². The third-order valence-electron chi connectivity index (χ3n) is 3.04. The molecule has 0 bridgehead atoms. The Labute approximate surface area is 99.0 Å². The molecule has 0 spiro atoms. The molecule has 2 heterocycles. The minimum absolute atomic E-state index is 0.0668. The standard InChI is InChI=1S/C12H15NO4/c14-11(15)6-9-2-1-4-13(7-9)12(16)10-3-5-17-8-10/h3,5,8-9H,1-2,4,6-7H2,(H,14,15). The van der Waals surface area contributed by atoms with Crippen molar-refractivity contribution in [3.8, 4) is 0 Å². The van der Waals surface area contributed by atoms with Gasteiger partial charge < -0.3 is 14.4 Å². The van der Waals surface area contributed by atoms with Gasteiger partial charge in [0, 0.05) is 19.5 Å². The summed E-state index contributed by atoms with van der Waals surface area (Å²) in [5.41, 5.74) is 0.529. The number of hydrogen-bond acceptors (Lipinski definition) is 3. The molecule has 17 heavy (non-hydrogen) atoms. The van der Waals surface area contributed by atoms with Crippen LogP contribution in [-0.2, 0) is 4.79 Å². The lowest BCUT2D eigenvalue weighted by atomic mass is 9.94. The predicted octanol–water partition coefficient (Wildman–Crippen LogP) is 1.61. The number of carboxylic acids is 1. The Balaban J connectivity index is 1.97. The van der Waals surface area contributed by atoms with Crippen LogP contribution in [-0.4, -0.2) is 35.0 Å². The van der Waals surface area contributed by atoms with Crippen LogP contribution in [0.15, 0.2) is 23.0 Å². The average molecular weight is 237 g/mol. The first-order valence-corrected chi connectivity index (χ1v) is 5.70. The lowest BCUT2D eigenvalue weighted by Crippen LogP contribution is -2.40. The number of rotatable bonds is 3. The number of aliphatic carboxylic acids is 1. The maximum Gasteiger partial charge on any atom is 0.303 e. The number of carboxylic acid groups (broad SMARTS) is 1. The summed E-state index contributed by atoms with van der Waals surface area (Å²) in [7, 11) is 0. The maximum absolute atomic E-state index is 12.0. The van der Waals surface area contributed by atoms with E-state index in [2.05, 4.69) is 0 Å². The molecule has 1 saturated heterocycles. The van der Waals surface area contributed by atoms with E-state index in [4.69, 9.17) is 9.52 Å². The second-order valence-corrected chi connectivity index (χ2v) is 4.37. The molecule has 2 rings (SSSR count). The van der Waals surface area contributed by atoms with Gasteiger partial charge in [-0.3, -0.25) is 9.59 Å². The molecule has 1 amide bonds. The number of nitrogens with zero attached hydrogens (tertiary/aromatic N) is 1. The highest BCUT2D eigenvalue weighted by atomic mass is 16.4. The molecule has 1 atom stereocenters. The zero-order chi connectivity index (χ0) is 12.3. The Morgan fingerprint density at radius 3 is 3.00 bits per heavy atom. The lowest BCUT2D eigenvalue weighted by molar-refractivity contribution is -0.138. The van der Waals surface area contributed by atoms with Crippen molar-refractivity contribution in [2.24, 2.45) is 5.92 Å². The van der Waals surface area contributed by atoms with Crippen LogP contribution in [0.1, 0.15) is 29.6 Å². The monoisotopic (exact) mass is 237 g/mol. The van der Waals surface area contributed by atoms with Crippen molar-refractivity contribution in [1.82, 2.24) is 4.90 Å². The molecule has 0 radical (unpaired) electrons. The fourth-order valence-electron chi connectivity index (χ4n) is 2.23. The molecule has 1 unspecified atom stereocenters. The molecular weight excluding hydrogens is 222 g/mol. The fraction of sp³-hybridized carbons (Fsp3) is 0.500. The number of hydrogen-bond donors (Lipinski definition) is 1. The number of likely N-dealkylation sites (tertiary alicyclic amines) is 1. The first-order valence-electron chi connectivity index (χ1n) is 5.70. The van der Waals surface area contributed by atoms with Crippen LogP contribution in [0.2, 0.25) is 0 Å². The molecule has 1 aliphatic heterocycles. The molecule has 5 nitrogen and oxygen atoms in total. The number of carbonyl (C=O) groups excluding carboxylic acids is 1. The third-order valence-corrected chi connectivity index (χ3v) is 3.04. The largest absolute Gasteiger partial charge is 0.481 e. The Hall–Kier alpha value is -1.78. The Morgan fingerprint density at radius 2 is 2.35 bits per heavy atom. The molecule has 1 N–H and O–H groups in total. The van der Waals surface area contributed by atoms with Gasteiger partial charge in [-0.25, -0.2) is 0 Å². The van der Waals surface area contributed by atoms with Crippen molar-refractivity contribution in [3.05, 3.63) is 24.2 Å². The molecular formula is C12H15NO4. The van der Waals surface area contributed by atoms with Crippen LogP contribution in [0.3, 0.4) is 0 Å². The predicted molar refractivity (Wildman–Crippen MR) is 59.6 cm³/mol. The summed E-state index contributed by atoms with van der Waals surface area (Å²) >= 11 is 0. The first kappa shape index (κ1) is 11.7. The molecule has 5 heteroatoms. The number of amides is 1. The normalized spacial score (nSPS) is 20.2. The van der Waals surface area contributed by atoms with Gasteiger partial charge in [-0.2, -0.15) is 0 Å². The topological polar surface area (TPSA) is 70.8 Å². The van der Waals surface area contributed by atoms with Crippen molar-refractivity contribution in [3.63, 3.8) is 0 Å². The van der Waals surface area contributed by atoms with Gasteiger partial charge in [0.2, 0.25) is 0 Å². The van der Waals surface area contributed by atoms with Gasteiger partial charge in [-0.15, -0.1) is 0 Å². The van der Waals surface area contributed by atoms with E-state index in [0.717, 1.165) is 12.8 Å². The van der Waals surface area contributed by atoms with E-state index in [1.165, 1.54) is 12.5 Å². The van der Waals surface area contributed by atoms with Crippen LogP contribution < -0.4 is 0 Å². The zero-order valence-corrected chi connectivity index (χ0v) is 9.46. The van der Waals surface area contributed by atoms with Crippen LogP contribution in [0.5, 0.6) is 0 Å². The summed E-state index contributed by atoms with van der Waals surface area (Å²) in [6.45, 7) is 1.22. The van der Waals surface area contributed by atoms with Crippen molar-refractivity contribution < 1.29 is 19.1 Å². The molecule has 0 saturated carbocycles. The Bertz CT molecular complexity index is 399. The molecule has 1 aliphatic rings. The summed E-state index contributed by atoms with van der Waals surface area (Å²) in [5.74, 6) is -0.807. The number of furan rings is 1. The summed E-state index contributed by atoms with van der Waals surface area (Å²) in [5, 5.41) is 8.76. The van der Waals surface area contributed by atoms with E-state index < -0.39 is 5.97 Å². The van der Waals surface area contributed by atoms with Crippen LogP contribution in [0.4, 0.5) is 0 Å². The van der Waals surface area contributed by atoms with Gasteiger partial charge in [0.25, 0.3) is 5.91 Å². The summed E-state index contributed by atoms with van der Waals surface area (Å²) in [4.78, 5) is 24.4. The van der Waals surface area contributed by atoms with Gasteiger partial charge in [-0.1, -0.05) is 0 Å². The van der Waals surface area contributed by atoms with E-state index in [-0.39, 0.29) is 18.2 Å². The highest BCUT2D eigenvalue weighted by Crippen LogP contribution is 2.21. The van der Waals surface area contributed by atoms with Crippen molar-refractivity contribution >= 4 is 11.9 Å². The van der Waals surface area contributed by atoms with Crippen molar-refractivity contribution in [1.29, 1.82) is 0 Å². The van der Waals surface area contributed by atoms with Gasteiger partial charge in [0.05, 0.1) is 11.8 Å². The SMILES string of the molecule is O=C(O)CC1CCCN(C(=O)c2ccoc2)C1. The highest BCUT2D eigenvalue weighted by molar-refractivity contribution is 5.93.